The van der Waals surface area contributed by atoms with Crippen molar-refractivity contribution in [1.29, 1.82) is 0 Å². The molecular formula is C15H16ClN7O. The molecule has 0 saturated carbocycles. The summed E-state index contributed by atoms with van der Waals surface area (Å²) < 4.78 is 3.37. The maximum atomic E-state index is 11.0. The van der Waals surface area contributed by atoms with Crippen molar-refractivity contribution >= 4 is 28.4 Å². The summed E-state index contributed by atoms with van der Waals surface area (Å²) in [6.45, 7) is 1.71. The highest BCUT2D eigenvalue weighted by Gasteiger charge is 2.22. The highest BCUT2D eigenvalue weighted by atomic mass is 35.5. The first-order valence-electron chi connectivity index (χ1n) is 7.57. The molecule has 3 heterocycles. The van der Waals surface area contributed by atoms with Gasteiger partial charge in [-0.2, -0.15) is 0 Å². The van der Waals surface area contributed by atoms with Gasteiger partial charge in [0.05, 0.1) is 11.7 Å². The minimum absolute atomic E-state index is 0.00369. The Labute approximate surface area is 142 Å². The first-order chi connectivity index (χ1) is 11.6. The van der Waals surface area contributed by atoms with Crippen LogP contribution >= 0.6 is 11.6 Å². The van der Waals surface area contributed by atoms with Crippen molar-refractivity contribution in [3.05, 3.63) is 41.2 Å². The van der Waals surface area contributed by atoms with Crippen LogP contribution in [0, 0.1) is 0 Å². The molecule has 124 valence electrons. The van der Waals surface area contributed by atoms with E-state index in [4.69, 9.17) is 17.3 Å². The molecule has 1 amide bonds. The average molecular weight is 346 g/mol. The number of benzene rings is 1. The van der Waals surface area contributed by atoms with Crippen LogP contribution in [0.2, 0.25) is 5.02 Å². The van der Waals surface area contributed by atoms with Gasteiger partial charge in [0, 0.05) is 35.6 Å². The Hall–Kier alpha value is -2.42. The van der Waals surface area contributed by atoms with Crippen LogP contribution in [-0.2, 0) is 11.3 Å². The summed E-state index contributed by atoms with van der Waals surface area (Å²) in [5.41, 5.74) is 13.7. The average Bonchev–Trinajstić information content (AvgIpc) is 3.24. The van der Waals surface area contributed by atoms with Gasteiger partial charge in [0.1, 0.15) is 6.54 Å². The number of amides is 1. The number of nitrogens with one attached hydrogen (secondary N) is 2. The lowest BCUT2D eigenvalue weighted by molar-refractivity contribution is -0.118. The number of aromatic nitrogens is 4. The molecule has 0 bridgehead atoms. The molecule has 0 aliphatic carbocycles. The first kappa shape index (κ1) is 15.1. The van der Waals surface area contributed by atoms with Gasteiger partial charge in [0.15, 0.2) is 5.82 Å². The summed E-state index contributed by atoms with van der Waals surface area (Å²) in [6.07, 6.45) is 3.75. The first-order valence-corrected chi connectivity index (χ1v) is 7.94. The molecule has 0 radical (unpaired) electrons. The van der Waals surface area contributed by atoms with Crippen molar-refractivity contribution in [1.82, 2.24) is 30.4 Å². The second kappa shape index (κ2) is 5.90. The SMILES string of the molecule is NC(=O)Cn1cc(-n2cc(C3CNNC3)c3ccc(Cl)cc32)nn1. The van der Waals surface area contributed by atoms with Gasteiger partial charge in [-0.25, -0.2) is 4.68 Å². The molecule has 4 rings (SSSR count). The fourth-order valence-corrected chi connectivity index (χ4v) is 3.23. The molecule has 4 N–H and O–H groups in total. The fraction of sp³-hybridized carbons (Fsp3) is 0.267. The Morgan fingerprint density at radius 2 is 2.12 bits per heavy atom. The summed E-state index contributed by atoms with van der Waals surface area (Å²) >= 11 is 6.18. The molecule has 1 saturated heterocycles. The van der Waals surface area contributed by atoms with E-state index in [2.05, 4.69) is 27.4 Å². The second-order valence-corrected chi connectivity index (χ2v) is 6.25. The number of carbonyl (C=O) groups excluding carboxylic acids is 1. The third-order valence-corrected chi connectivity index (χ3v) is 4.39. The molecule has 24 heavy (non-hydrogen) atoms. The summed E-state index contributed by atoms with van der Waals surface area (Å²) in [4.78, 5) is 11.0. The van der Waals surface area contributed by atoms with Crippen molar-refractivity contribution in [2.75, 3.05) is 13.1 Å². The van der Waals surface area contributed by atoms with E-state index in [1.807, 2.05) is 22.8 Å². The van der Waals surface area contributed by atoms with Gasteiger partial charge in [0.25, 0.3) is 0 Å². The van der Waals surface area contributed by atoms with Gasteiger partial charge in [0.2, 0.25) is 5.91 Å². The molecule has 9 heteroatoms. The zero-order valence-electron chi connectivity index (χ0n) is 12.7. The van der Waals surface area contributed by atoms with Crippen molar-refractivity contribution in [3.63, 3.8) is 0 Å². The van der Waals surface area contributed by atoms with Crippen LogP contribution in [0.1, 0.15) is 11.5 Å². The summed E-state index contributed by atoms with van der Waals surface area (Å²) in [6, 6.07) is 5.82. The van der Waals surface area contributed by atoms with E-state index >= 15 is 0 Å². The second-order valence-electron chi connectivity index (χ2n) is 5.82. The van der Waals surface area contributed by atoms with Crippen molar-refractivity contribution in [2.24, 2.45) is 5.73 Å². The Morgan fingerprint density at radius 1 is 1.33 bits per heavy atom. The molecule has 0 unspecified atom stereocenters. The van der Waals surface area contributed by atoms with Gasteiger partial charge in [-0.1, -0.05) is 22.9 Å². The standard InChI is InChI=1S/C15H16ClN7O/c16-10-1-2-11-12(9-4-18-19-5-9)6-23(13(11)3-10)15-8-22(21-20-15)7-14(17)24/h1-3,6,8-9,18-19H,4-5,7H2,(H2,17,24). The highest BCUT2D eigenvalue weighted by molar-refractivity contribution is 6.31. The Balaban J connectivity index is 1.83. The molecular weight excluding hydrogens is 330 g/mol. The van der Waals surface area contributed by atoms with Crippen molar-refractivity contribution < 1.29 is 4.79 Å². The van der Waals surface area contributed by atoms with E-state index < -0.39 is 5.91 Å². The van der Waals surface area contributed by atoms with Crippen LogP contribution in [0.15, 0.2) is 30.6 Å². The number of rotatable bonds is 4. The van der Waals surface area contributed by atoms with E-state index in [9.17, 15) is 4.79 Å². The van der Waals surface area contributed by atoms with Crippen LogP contribution < -0.4 is 16.6 Å². The predicted octanol–water partition coefficient (Wildman–Crippen LogP) is 0.552. The molecule has 0 atom stereocenters. The number of hydrogen-bond acceptors (Lipinski definition) is 5. The quantitative estimate of drug-likeness (QED) is 0.641. The number of hydrazine groups is 1. The molecule has 1 fully saturated rings. The Bertz CT molecular complexity index is 910. The number of nitrogens with zero attached hydrogens (tertiary/aromatic N) is 4. The highest BCUT2D eigenvalue weighted by Crippen LogP contribution is 2.31. The van der Waals surface area contributed by atoms with Crippen molar-refractivity contribution in [3.8, 4) is 5.82 Å². The van der Waals surface area contributed by atoms with Crippen molar-refractivity contribution in [2.45, 2.75) is 12.5 Å². The third-order valence-electron chi connectivity index (χ3n) is 4.15. The molecule has 1 aliphatic heterocycles. The third kappa shape index (κ3) is 2.64. The number of halogens is 1. The summed E-state index contributed by atoms with van der Waals surface area (Å²) in [5.74, 6) is 0.514. The minimum atomic E-state index is -0.462. The molecule has 8 nitrogen and oxygen atoms in total. The van der Waals surface area contributed by atoms with Gasteiger partial charge in [-0.3, -0.25) is 20.2 Å². The van der Waals surface area contributed by atoms with Gasteiger partial charge in [-0.15, -0.1) is 5.10 Å². The Morgan fingerprint density at radius 3 is 2.88 bits per heavy atom. The summed E-state index contributed by atoms with van der Waals surface area (Å²) in [5, 5.41) is 9.89. The minimum Gasteiger partial charge on any atom is -0.368 e. The largest absolute Gasteiger partial charge is 0.368 e. The number of carbonyl (C=O) groups is 1. The number of hydrogen-bond donors (Lipinski definition) is 3. The number of primary amides is 1. The number of nitrogens with two attached hydrogens (primary N) is 1. The van der Waals surface area contributed by atoms with Crippen LogP contribution in [0.25, 0.3) is 16.7 Å². The normalized spacial score (nSPS) is 15.4. The number of fused-ring (bicyclic) bond motifs is 1. The van der Waals surface area contributed by atoms with E-state index in [-0.39, 0.29) is 6.54 Å². The van der Waals surface area contributed by atoms with Crippen LogP contribution in [0.5, 0.6) is 0 Å². The predicted molar refractivity (Wildman–Crippen MR) is 89.8 cm³/mol. The van der Waals surface area contributed by atoms with Gasteiger partial charge < -0.3 is 5.73 Å². The monoisotopic (exact) mass is 345 g/mol. The summed E-state index contributed by atoms with van der Waals surface area (Å²) in [7, 11) is 0. The molecule has 1 aliphatic rings. The lowest BCUT2D eigenvalue weighted by Gasteiger charge is -2.05. The topological polar surface area (TPSA) is 103 Å². The van der Waals surface area contributed by atoms with Crippen LogP contribution in [0.3, 0.4) is 0 Å². The molecule has 1 aromatic carbocycles. The Kier molecular flexibility index (Phi) is 3.72. The fourth-order valence-electron chi connectivity index (χ4n) is 3.06. The van der Waals surface area contributed by atoms with E-state index in [1.54, 1.807) is 6.20 Å². The molecule has 2 aromatic heterocycles. The zero-order chi connectivity index (χ0) is 16.7. The van der Waals surface area contributed by atoms with Crippen LogP contribution in [0.4, 0.5) is 0 Å². The maximum absolute atomic E-state index is 11.0. The molecule has 3 aromatic rings. The molecule has 0 spiro atoms. The lowest BCUT2D eigenvalue weighted by atomic mass is 10.00. The van der Waals surface area contributed by atoms with E-state index in [0.717, 1.165) is 24.0 Å². The van der Waals surface area contributed by atoms with Gasteiger partial charge in [-0.05, 0) is 17.7 Å². The lowest BCUT2D eigenvalue weighted by Crippen LogP contribution is -2.21. The smallest absolute Gasteiger partial charge is 0.239 e. The zero-order valence-corrected chi connectivity index (χ0v) is 13.5. The van der Waals surface area contributed by atoms with E-state index in [1.165, 1.54) is 10.2 Å². The van der Waals surface area contributed by atoms with Crippen LogP contribution in [-0.4, -0.2) is 38.6 Å². The maximum Gasteiger partial charge on any atom is 0.239 e. The van der Waals surface area contributed by atoms with Gasteiger partial charge >= 0.3 is 0 Å². The van der Waals surface area contributed by atoms with E-state index in [0.29, 0.717) is 16.8 Å².